The lowest BCUT2D eigenvalue weighted by Gasteiger charge is -2.40. The summed E-state index contributed by atoms with van der Waals surface area (Å²) in [5, 5.41) is 6.19. The van der Waals surface area contributed by atoms with Crippen molar-refractivity contribution in [3.05, 3.63) is 11.6 Å². The van der Waals surface area contributed by atoms with Crippen molar-refractivity contribution < 1.29 is 9.53 Å². The van der Waals surface area contributed by atoms with Crippen molar-refractivity contribution >= 4 is 22.4 Å². The summed E-state index contributed by atoms with van der Waals surface area (Å²) in [6.45, 7) is 7.08. The maximum atomic E-state index is 12.1. The molecule has 3 heterocycles. The largest absolute Gasteiger partial charge is 0.363 e. The molecule has 0 spiro atoms. The summed E-state index contributed by atoms with van der Waals surface area (Å²) in [6.07, 6.45) is 1.82. The van der Waals surface area contributed by atoms with Crippen molar-refractivity contribution in [1.29, 1.82) is 0 Å². The van der Waals surface area contributed by atoms with Gasteiger partial charge in [0.25, 0.3) is 0 Å². The van der Waals surface area contributed by atoms with Gasteiger partial charge in [-0.25, -0.2) is 4.98 Å². The zero-order valence-electron chi connectivity index (χ0n) is 11.7. The summed E-state index contributed by atoms with van der Waals surface area (Å²) in [7, 11) is 0. The average molecular weight is 296 g/mol. The molecule has 2 aliphatic rings. The number of thiazole rings is 1. The molecule has 0 radical (unpaired) electrons. The fourth-order valence-corrected chi connectivity index (χ4v) is 3.12. The second kappa shape index (κ2) is 5.67. The van der Waals surface area contributed by atoms with E-state index in [4.69, 9.17) is 4.74 Å². The van der Waals surface area contributed by atoms with Gasteiger partial charge in [0.2, 0.25) is 5.91 Å². The standard InChI is InChI=1S/C13H20N4O2S/c1-13(9-14-10-13)19-8-11(18)16-3-5-17(6-4-16)12-15-2-7-20-12/h2,7,14H,3-6,8-10H2,1H3. The van der Waals surface area contributed by atoms with Crippen LogP contribution in [0.1, 0.15) is 6.92 Å². The molecule has 110 valence electrons. The number of anilines is 1. The first-order valence-corrected chi connectivity index (χ1v) is 7.81. The first-order chi connectivity index (χ1) is 9.66. The Kier molecular flexibility index (Phi) is 3.91. The van der Waals surface area contributed by atoms with E-state index in [-0.39, 0.29) is 18.1 Å². The summed E-state index contributed by atoms with van der Waals surface area (Å²) in [5.41, 5.74) is -0.154. The van der Waals surface area contributed by atoms with E-state index < -0.39 is 0 Å². The molecule has 0 aromatic carbocycles. The summed E-state index contributed by atoms with van der Waals surface area (Å²) in [5.74, 6) is 0.0944. The highest BCUT2D eigenvalue weighted by atomic mass is 32.1. The number of nitrogens with zero attached hydrogens (tertiary/aromatic N) is 3. The second-order valence-corrected chi connectivity index (χ2v) is 6.40. The Bertz CT molecular complexity index is 453. The van der Waals surface area contributed by atoms with Crippen LogP contribution in [-0.2, 0) is 9.53 Å². The minimum atomic E-state index is -0.154. The van der Waals surface area contributed by atoms with E-state index in [1.807, 2.05) is 23.4 Å². The number of nitrogens with one attached hydrogen (secondary N) is 1. The van der Waals surface area contributed by atoms with E-state index >= 15 is 0 Å². The highest BCUT2D eigenvalue weighted by Crippen LogP contribution is 2.19. The van der Waals surface area contributed by atoms with E-state index in [1.165, 1.54) is 0 Å². The maximum absolute atomic E-state index is 12.1. The molecule has 1 aromatic rings. The Morgan fingerprint density at radius 3 is 2.75 bits per heavy atom. The van der Waals surface area contributed by atoms with E-state index in [1.54, 1.807) is 11.3 Å². The van der Waals surface area contributed by atoms with Gasteiger partial charge in [-0.05, 0) is 6.92 Å². The van der Waals surface area contributed by atoms with E-state index in [2.05, 4.69) is 15.2 Å². The van der Waals surface area contributed by atoms with Gasteiger partial charge in [0, 0.05) is 50.8 Å². The highest BCUT2D eigenvalue weighted by Gasteiger charge is 2.34. The maximum Gasteiger partial charge on any atom is 0.248 e. The average Bonchev–Trinajstić information content (AvgIpc) is 2.97. The predicted molar refractivity (Wildman–Crippen MR) is 78.1 cm³/mol. The van der Waals surface area contributed by atoms with Crippen molar-refractivity contribution in [3.8, 4) is 0 Å². The van der Waals surface area contributed by atoms with Crippen LogP contribution in [0, 0.1) is 0 Å². The lowest BCUT2D eigenvalue weighted by atomic mass is 10.0. The second-order valence-electron chi connectivity index (χ2n) is 5.52. The summed E-state index contributed by atoms with van der Waals surface area (Å²) >= 11 is 1.64. The van der Waals surface area contributed by atoms with Crippen molar-refractivity contribution in [2.75, 3.05) is 50.8 Å². The van der Waals surface area contributed by atoms with Crippen LogP contribution in [0.15, 0.2) is 11.6 Å². The molecule has 0 aliphatic carbocycles. The third-order valence-electron chi connectivity index (χ3n) is 3.86. The van der Waals surface area contributed by atoms with E-state index in [0.717, 1.165) is 44.4 Å². The minimum absolute atomic E-state index is 0.0944. The van der Waals surface area contributed by atoms with Crippen molar-refractivity contribution in [2.45, 2.75) is 12.5 Å². The fourth-order valence-electron chi connectivity index (χ4n) is 2.43. The van der Waals surface area contributed by atoms with Crippen molar-refractivity contribution in [3.63, 3.8) is 0 Å². The first-order valence-electron chi connectivity index (χ1n) is 6.93. The third-order valence-corrected chi connectivity index (χ3v) is 4.70. The lowest BCUT2D eigenvalue weighted by Crippen LogP contribution is -2.60. The number of aromatic nitrogens is 1. The molecule has 0 unspecified atom stereocenters. The van der Waals surface area contributed by atoms with Gasteiger partial charge in [-0.3, -0.25) is 4.79 Å². The van der Waals surface area contributed by atoms with Crippen LogP contribution < -0.4 is 10.2 Å². The molecule has 7 heteroatoms. The molecular weight excluding hydrogens is 276 g/mol. The van der Waals surface area contributed by atoms with Crippen LogP contribution in [0.4, 0.5) is 5.13 Å². The highest BCUT2D eigenvalue weighted by molar-refractivity contribution is 7.13. The van der Waals surface area contributed by atoms with Gasteiger partial charge in [0.15, 0.2) is 5.13 Å². The van der Waals surface area contributed by atoms with E-state index in [9.17, 15) is 4.79 Å². The molecule has 2 fully saturated rings. The molecule has 0 saturated carbocycles. The molecule has 1 N–H and O–H groups in total. The number of hydrogen-bond acceptors (Lipinski definition) is 6. The number of rotatable bonds is 4. The monoisotopic (exact) mass is 296 g/mol. The zero-order chi connectivity index (χ0) is 14.0. The number of ether oxygens (including phenoxy) is 1. The third kappa shape index (κ3) is 2.94. The zero-order valence-corrected chi connectivity index (χ0v) is 12.5. The molecule has 6 nitrogen and oxygen atoms in total. The van der Waals surface area contributed by atoms with Gasteiger partial charge in [0.1, 0.15) is 6.61 Å². The molecule has 1 amide bonds. The van der Waals surface area contributed by atoms with Gasteiger partial charge in [-0.1, -0.05) is 0 Å². The van der Waals surface area contributed by atoms with E-state index in [0.29, 0.717) is 0 Å². The molecule has 20 heavy (non-hydrogen) atoms. The van der Waals surface area contributed by atoms with Gasteiger partial charge in [-0.2, -0.15) is 0 Å². The smallest absolute Gasteiger partial charge is 0.248 e. The van der Waals surface area contributed by atoms with Gasteiger partial charge >= 0.3 is 0 Å². The van der Waals surface area contributed by atoms with Crippen molar-refractivity contribution in [1.82, 2.24) is 15.2 Å². The van der Waals surface area contributed by atoms with Crippen LogP contribution in [0.5, 0.6) is 0 Å². The predicted octanol–water partition coefficient (Wildman–Crippen LogP) is 0.170. The molecule has 1 aromatic heterocycles. The Labute approximate surface area is 122 Å². The normalized spacial score (nSPS) is 21.6. The SMILES string of the molecule is CC1(OCC(=O)N2CCN(c3nccs3)CC2)CNC1. The lowest BCUT2D eigenvalue weighted by molar-refractivity contribution is -0.146. The van der Waals surface area contributed by atoms with Crippen LogP contribution in [0.3, 0.4) is 0 Å². The van der Waals surface area contributed by atoms with Gasteiger partial charge in [-0.15, -0.1) is 11.3 Å². The molecule has 0 atom stereocenters. The number of hydrogen-bond donors (Lipinski definition) is 1. The molecule has 2 saturated heterocycles. The molecule has 2 aliphatic heterocycles. The molecular formula is C13H20N4O2S. The van der Waals surface area contributed by atoms with Gasteiger partial charge in [0.05, 0.1) is 5.60 Å². The van der Waals surface area contributed by atoms with Crippen LogP contribution in [0.2, 0.25) is 0 Å². The van der Waals surface area contributed by atoms with Crippen LogP contribution in [0.25, 0.3) is 0 Å². The topological polar surface area (TPSA) is 57.7 Å². The number of amides is 1. The summed E-state index contributed by atoms with van der Waals surface area (Å²) in [6, 6.07) is 0. The van der Waals surface area contributed by atoms with Crippen molar-refractivity contribution in [2.24, 2.45) is 0 Å². The number of carbonyl (C=O) groups excluding carboxylic acids is 1. The first kappa shape index (κ1) is 13.8. The summed E-state index contributed by atoms with van der Waals surface area (Å²) in [4.78, 5) is 20.6. The molecule has 3 rings (SSSR count). The fraction of sp³-hybridized carbons (Fsp3) is 0.692. The van der Waals surface area contributed by atoms with Crippen LogP contribution >= 0.6 is 11.3 Å². The number of carbonyl (C=O) groups is 1. The van der Waals surface area contributed by atoms with Gasteiger partial charge < -0.3 is 19.9 Å². The quantitative estimate of drug-likeness (QED) is 0.858. The Morgan fingerprint density at radius 1 is 1.45 bits per heavy atom. The molecule has 0 bridgehead atoms. The Balaban J connectivity index is 1.44. The Morgan fingerprint density at radius 2 is 2.20 bits per heavy atom. The number of piperazine rings is 1. The minimum Gasteiger partial charge on any atom is -0.363 e. The summed E-state index contributed by atoms with van der Waals surface area (Å²) < 4.78 is 5.70. The van der Waals surface area contributed by atoms with Crippen LogP contribution in [-0.4, -0.2) is 67.3 Å². The Hall–Kier alpha value is -1.18.